The molecule has 1 N–H and O–H groups in total. The first kappa shape index (κ1) is 22.0. The van der Waals surface area contributed by atoms with Crippen molar-refractivity contribution in [2.24, 2.45) is 0 Å². The second-order valence-corrected chi connectivity index (χ2v) is 9.48. The second-order valence-electron chi connectivity index (χ2n) is 7.49. The Balaban J connectivity index is 1.47. The van der Waals surface area contributed by atoms with Gasteiger partial charge < -0.3 is 15.0 Å². The summed E-state index contributed by atoms with van der Waals surface area (Å²) < 4.78 is 45.1. The lowest BCUT2D eigenvalue weighted by molar-refractivity contribution is 0.102. The van der Waals surface area contributed by atoms with Crippen molar-refractivity contribution in [1.29, 1.82) is 0 Å². The number of hydrogen-bond donors (Lipinski definition) is 1. The van der Waals surface area contributed by atoms with Crippen molar-refractivity contribution in [3.05, 3.63) is 89.7 Å². The number of nitrogens with one attached hydrogen (secondary N) is 1. The fourth-order valence-electron chi connectivity index (χ4n) is 3.58. The van der Waals surface area contributed by atoms with E-state index in [-0.39, 0.29) is 10.6 Å². The Hall–Kier alpha value is -3.23. The van der Waals surface area contributed by atoms with Gasteiger partial charge >= 0.3 is 0 Å². The summed E-state index contributed by atoms with van der Waals surface area (Å²) in [6.45, 7) is 2.32. The summed E-state index contributed by atoms with van der Waals surface area (Å²) in [6.07, 6.45) is 0. The molecule has 0 aromatic heterocycles. The van der Waals surface area contributed by atoms with E-state index >= 15 is 0 Å². The number of carbonyl (C=O) groups is 1. The highest BCUT2D eigenvalue weighted by atomic mass is 32.2. The Morgan fingerprint density at radius 3 is 2.44 bits per heavy atom. The van der Waals surface area contributed by atoms with E-state index in [0.717, 1.165) is 0 Å². The van der Waals surface area contributed by atoms with Crippen LogP contribution in [0.2, 0.25) is 0 Å². The van der Waals surface area contributed by atoms with Gasteiger partial charge in [0.15, 0.2) is 9.84 Å². The summed E-state index contributed by atoms with van der Waals surface area (Å²) >= 11 is 0. The third-order valence-corrected chi connectivity index (χ3v) is 6.91. The first-order chi connectivity index (χ1) is 15.4. The molecular weight excluding hydrogens is 431 g/mol. The van der Waals surface area contributed by atoms with E-state index in [1.54, 1.807) is 60.7 Å². The first-order valence-corrected chi connectivity index (χ1v) is 11.9. The molecule has 0 atom stereocenters. The number of nitrogens with zero attached hydrogens (tertiary/aromatic N) is 1. The van der Waals surface area contributed by atoms with Crippen molar-refractivity contribution < 1.29 is 22.3 Å². The number of benzene rings is 3. The van der Waals surface area contributed by atoms with Gasteiger partial charge in [0, 0.05) is 24.3 Å². The zero-order valence-electron chi connectivity index (χ0n) is 17.3. The van der Waals surface area contributed by atoms with E-state index < -0.39 is 21.6 Å². The monoisotopic (exact) mass is 454 g/mol. The molecule has 1 saturated heterocycles. The quantitative estimate of drug-likeness (QED) is 0.612. The molecule has 0 bridgehead atoms. The average Bonchev–Trinajstić information content (AvgIpc) is 2.80. The Bertz CT molecular complexity index is 1210. The lowest BCUT2D eigenvalue weighted by Gasteiger charge is -2.29. The summed E-state index contributed by atoms with van der Waals surface area (Å²) in [5.41, 5.74) is 1.59. The van der Waals surface area contributed by atoms with Crippen LogP contribution in [0.1, 0.15) is 15.9 Å². The number of ether oxygens (including phenoxy) is 1. The Morgan fingerprint density at radius 2 is 1.72 bits per heavy atom. The van der Waals surface area contributed by atoms with Gasteiger partial charge in [-0.15, -0.1) is 0 Å². The van der Waals surface area contributed by atoms with Gasteiger partial charge in [-0.05, 0) is 48.0 Å². The van der Waals surface area contributed by atoms with Gasteiger partial charge in [-0.1, -0.05) is 30.3 Å². The normalized spacial score (nSPS) is 14.2. The summed E-state index contributed by atoms with van der Waals surface area (Å²) in [7, 11) is -3.53. The van der Waals surface area contributed by atoms with Crippen molar-refractivity contribution in [2.75, 3.05) is 36.5 Å². The third-order valence-electron chi connectivity index (χ3n) is 5.21. The minimum atomic E-state index is -3.53. The first-order valence-electron chi connectivity index (χ1n) is 10.2. The summed E-state index contributed by atoms with van der Waals surface area (Å²) in [5, 5.41) is 2.68. The molecule has 32 heavy (non-hydrogen) atoms. The molecule has 0 unspecified atom stereocenters. The molecule has 1 aliphatic heterocycles. The molecule has 166 valence electrons. The standard InChI is InChI=1S/C24H23FN2O4S/c25-22-16-20(9-10-23(22)27-11-13-31-14-12-27)26-24(28)19-6-4-5-18(15-19)17-32(29,30)21-7-2-1-3-8-21/h1-10,15-16H,11-14,17H2,(H,26,28). The van der Waals surface area contributed by atoms with Crippen LogP contribution in [0.4, 0.5) is 15.8 Å². The number of carbonyl (C=O) groups excluding carboxylic acids is 1. The van der Waals surface area contributed by atoms with Crippen molar-refractivity contribution in [3.63, 3.8) is 0 Å². The second kappa shape index (κ2) is 9.50. The molecule has 0 aliphatic carbocycles. The number of hydrogen-bond acceptors (Lipinski definition) is 5. The lowest BCUT2D eigenvalue weighted by Crippen LogP contribution is -2.36. The van der Waals surface area contributed by atoms with E-state index in [4.69, 9.17) is 4.74 Å². The minimum absolute atomic E-state index is 0.221. The van der Waals surface area contributed by atoms with Gasteiger partial charge in [-0.2, -0.15) is 0 Å². The smallest absolute Gasteiger partial charge is 0.255 e. The highest BCUT2D eigenvalue weighted by Crippen LogP contribution is 2.24. The molecule has 8 heteroatoms. The number of anilines is 2. The zero-order chi connectivity index (χ0) is 22.6. The molecule has 3 aromatic carbocycles. The van der Waals surface area contributed by atoms with Gasteiger partial charge in [0.2, 0.25) is 0 Å². The summed E-state index contributed by atoms with van der Waals surface area (Å²) in [5.74, 6) is -1.09. The molecule has 1 heterocycles. The molecule has 0 radical (unpaired) electrons. The predicted octanol–water partition coefficient (Wildman–Crippen LogP) is 3.89. The topological polar surface area (TPSA) is 75.7 Å². The molecule has 6 nitrogen and oxygen atoms in total. The maximum absolute atomic E-state index is 14.6. The van der Waals surface area contributed by atoms with E-state index in [2.05, 4.69) is 5.32 Å². The number of halogens is 1. The van der Waals surface area contributed by atoms with Crippen molar-refractivity contribution in [2.45, 2.75) is 10.6 Å². The molecule has 3 aromatic rings. The fourth-order valence-corrected chi connectivity index (χ4v) is 4.94. The van der Waals surface area contributed by atoms with Crippen LogP contribution in [0.15, 0.2) is 77.7 Å². The maximum Gasteiger partial charge on any atom is 0.255 e. The highest BCUT2D eigenvalue weighted by Gasteiger charge is 2.18. The van der Waals surface area contributed by atoms with Crippen molar-refractivity contribution >= 4 is 27.1 Å². The zero-order valence-corrected chi connectivity index (χ0v) is 18.1. The van der Waals surface area contributed by atoms with E-state index in [0.29, 0.717) is 48.8 Å². The van der Waals surface area contributed by atoms with Crippen LogP contribution in [0, 0.1) is 5.82 Å². The summed E-state index contributed by atoms with van der Waals surface area (Å²) in [6, 6.07) is 19.2. The van der Waals surface area contributed by atoms with E-state index in [9.17, 15) is 17.6 Å². The van der Waals surface area contributed by atoms with Gasteiger partial charge in [-0.3, -0.25) is 4.79 Å². The number of morpholine rings is 1. The van der Waals surface area contributed by atoms with Gasteiger partial charge in [0.05, 0.1) is 29.5 Å². The Kier molecular flexibility index (Phi) is 6.53. The Labute approximate surface area is 186 Å². The molecule has 0 spiro atoms. The molecule has 4 rings (SSSR count). The SMILES string of the molecule is O=C(Nc1ccc(N2CCOCC2)c(F)c1)c1cccc(CS(=O)(=O)c2ccccc2)c1. The maximum atomic E-state index is 14.6. The predicted molar refractivity (Wildman–Crippen MR) is 121 cm³/mol. The van der Waals surface area contributed by atoms with Crippen LogP contribution in [0.25, 0.3) is 0 Å². The van der Waals surface area contributed by atoms with Crippen LogP contribution in [0.3, 0.4) is 0 Å². The minimum Gasteiger partial charge on any atom is -0.378 e. The molecule has 1 fully saturated rings. The Morgan fingerprint density at radius 1 is 0.969 bits per heavy atom. The van der Waals surface area contributed by atoms with Gasteiger partial charge in [0.1, 0.15) is 5.82 Å². The molecule has 1 amide bonds. The molecular formula is C24H23FN2O4S. The van der Waals surface area contributed by atoms with Crippen LogP contribution >= 0.6 is 0 Å². The molecule has 1 aliphatic rings. The van der Waals surface area contributed by atoms with Gasteiger partial charge in [-0.25, -0.2) is 12.8 Å². The van der Waals surface area contributed by atoms with Crippen molar-refractivity contribution in [3.8, 4) is 0 Å². The lowest BCUT2D eigenvalue weighted by atomic mass is 10.1. The van der Waals surface area contributed by atoms with E-state index in [1.807, 2.05) is 4.90 Å². The van der Waals surface area contributed by atoms with Gasteiger partial charge in [0.25, 0.3) is 5.91 Å². The largest absolute Gasteiger partial charge is 0.378 e. The average molecular weight is 455 g/mol. The fraction of sp³-hybridized carbons (Fsp3) is 0.208. The third kappa shape index (κ3) is 5.15. The summed E-state index contributed by atoms with van der Waals surface area (Å²) in [4.78, 5) is 14.8. The highest BCUT2D eigenvalue weighted by molar-refractivity contribution is 7.90. The van der Waals surface area contributed by atoms with Crippen molar-refractivity contribution in [1.82, 2.24) is 0 Å². The van der Waals surface area contributed by atoms with Crippen LogP contribution in [-0.4, -0.2) is 40.6 Å². The van der Waals surface area contributed by atoms with Crippen LogP contribution in [0.5, 0.6) is 0 Å². The van der Waals surface area contributed by atoms with Crippen LogP contribution < -0.4 is 10.2 Å². The number of amides is 1. The van der Waals surface area contributed by atoms with E-state index in [1.165, 1.54) is 12.1 Å². The number of sulfone groups is 1. The molecule has 0 saturated carbocycles. The van der Waals surface area contributed by atoms with Crippen LogP contribution in [-0.2, 0) is 20.3 Å². The number of rotatable bonds is 6.